The number of hydrogen-bond acceptors (Lipinski definition) is 9. The van der Waals surface area contributed by atoms with Crippen LogP contribution in [0.15, 0.2) is 53.2 Å². The highest BCUT2D eigenvalue weighted by atomic mass is 32.1. The monoisotopic (exact) mass is 544 g/mol. The van der Waals surface area contributed by atoms with Gasteiger partial charge in [0.25, 0.3) is 0 Å². The molecule has 12 heteroatoms. The number of nitriles is 1. The first kappa shape index (κ1) is 26.3. The molecule has 3 atom stereocenters. The fourth-order valence-corrected chi connectivity index (χ4v) is 6.15. The number of nitrogens with one attached hydrogen (secondary N) is 3. The number of nitrogens with zero attached hydrogens (tertiary/aromatic N) is 5. The number of pyridine rings is 1. The number of fused-ring (bicyclic) bond motifs is 1. The van der Waals surface area contributed by atoms with E-state index in [-0.39, 0.29) is 0 Å². The van der Waals surface area contributed by atoms with Gasteiger partial charge in [0.1, 0.15) is 6.07 Å². The van der Waals surface area contributed by atoms with Crippen LogP contribution in [-0.2, 0) is 4.79 Å². The van der Waals surface area contributed by atoms with Crippen LogP contribution in [0.3, 0.4) is 0 Å². The lowest BCUT2D eigenvalue weighted by Crippen LogP contribution is -2.71. The van der Waals surface area contributed by atoms with Gasteiger partial charge in [-0.05, 0) is 57.2 Å². The van der Waals surface area contributed by atoms with Crippen molar-refractivity contribution in [2.75, 3.05) is 24.5 Å². The van der Waals surface area contributed by atoms with Gasteiger partial charge in [-0.15, -0.1) is 11.3 Å². The molecule has 4 N–H and O–H groups in total. The molecule has 0 aliphatic carbocycles. The summed E-state index contributed by atoms with van der Waals surface area (Å²) in [5.41, 5.74) is 3.45. The number of carboxylic acids is 1. The molecular formula is C27H28N8O3S. The number of allylic oxidation sites excluding steroid dienone is 1. The van der Waals surface area contributed by atoms with Gasteiger partial charge in [0, 0.05) is 43.0 Å². The molecule has 2 aliphatic heterocycles. The minimum Gasteiger partial charge on any atom is -0.481 e. The van der Waals surface area contributed by atoms with Crippen molar-refractivity contribution in [1.82, 2.24) is 25.9 Å². The molecule has 1 fully saturated rings. The summed E-state index contributed by atoms with van der Waals surface area (Å²) in [6, 6.07) is 8.92. The Labute approximate surface area is 229 Å². The molecular weight excluding hydrogens is 516 g/mol. The first-order valence-corrected chi connectivity index (χ1v) is 13.5. The van der Waals surface area contributed by atoms with E-state index in [2.05, 4.69) is 32.0 Å². The third-order valence-corrected chi connectivity index (χ3v) is 8.26. The maximum Gasteiger partial charge on any atom is 0.318 e. The van der Waals surface area contributed by atoms with E-state index in [0.29, 0.717) is 54.1 Å². The molecule has 3 aromatic rings. The Morgan fingerprint density at radius 3 is 2.97 bits per heavy atom. The molecule has 200 valence electrons. The largest absolute Gasteiger partial charge is 0.481 e. The third kappa shape index (κ3) is 4.49. The van der Waals surface area contributed by atoms with Crippen LogP contribution in [0.4, 0.5) is 10.5 Å². The highest BCUT2D eigenvalue weighted by molar-refractivity contribution is 7.17. The number of piperidine rings is 1. The molecule has 0 radical (unpaired) electrons. The van der Waals surface area contributed by atoms with Crippen LogP contribution in [0.2, 0.25) is 0 Å². The molecule has 11 nitrogen and oxygen atoms in total. The Balaban J connectivity index is 1.74. The molecule has 39 heavy (non-hydrogen) atoms. The van der Waals surface area contributed by atoms with Crippen LogP contribution >= 0.6 is 11.3 Å². The molecule has 0 spiro atoms. The molecule has 2 aromatic heterocycles. The van der Waals surface area contributed by atoms with E-state index >= 15 is 0 Å². The lowest BCUT2D eigenvalue weighted by atomic mass is 9.68. The number of carbonyl (C=O) groups is 2. The summed E-state index contributed by atoms with van der Waals surface area (Å²) in [6.45, 7) is 4.73. The van der Waals surface area contributed by atoms with E-state index < -0.39 is 29.1 Å². The van der Waals surface area contributed by atoms with Crippen molar-refractivity contribution in [3.05, 3.63) is 53.8 Å². The summed E-state index contributed by atoms with van der Waals surface area (Å²) in [5, 5.41) is 29.2. The van der Waals surface area contributed by atoms with Gasteiger partial charge in [-0.3, -0.25) is 15.1 Å². The van der Waals surface area contributed by atoms with E-state index in [9.17, 15) is 20.0 Å². The molecule has 3 unspecified atom stereocenters. The summed E-state index contributed by atoms with van der Waals surface area (Å²) in [5.74, 6) is -3.12. The fraction of sp³-hybridized carbons (Fsp3) is 0.333. The molecule has 1 aromatic carbocycles. The summed E-state index contributed by atoms with van der Waals surface area (Å²) in [6.07, 6.45) is 7.08. The zero-order valence-corrected chi connectivity index (χ0v) is 22.3. The highest BCUT2D eigenvalue weighted by Gasteiger charge is 2.57. The molecule has 0 saturated carbocycles. The van der Waals surface area contributed by atoms with Gasteiger partial charge in [0.05, 0.1) is 38.3 Å². The van der Waals surface area contributed by atoms with Crippen LogP contribution in [0.1, 0.15) is 25.8 Å². The van der Waals surface area contributed by atoms with Crippen LogP contribution in [0.5, 0.6) is 0 Å². The Morgan fingerprint density at radius 1 is 1.36 bits per heavy atom. The van der Waals surface area contributed by atoms with Gasteiger partial charge in [0.15, 0.2) is 0 Å². The molecule has 2 aliphatic rings. The Hall–Kier alpha value is -4.34. The number of aromatic nitrogens is 2. The van der Waals surface area contributed by atoms with E-state index in [1.165, 1.54) is 11.3 Å². The minimum atomic E-state index is -1.49. The second-order valence-corrected chi connectivity index (χ2v) is 10.5. The second kappa shape index (κ2) is 10.4. The highest BCUT2D eigenvalue weighted by Crippen LogP contribution is 2.46. The smallest absolute Gasteiger partial charge is 0.318 e. The van der Waals surface area contributed by atoms with Crippen LogP contribution in [0.25, 0.3) is 21.5 Å². The average Bonchev–Trinajstić information content (AvgIpc) is 3.42. The molecule has 0 bridgehead atoms. The van der Waals surface area contributed by atoms with Gasteiger partial charge in [0.2, 0.25) is 5.79 Å². The van der Waals surface area contributed by atoms with Crippen molar-refractivity contribution < 1.29 is 14.7 Å². The molecule has 4 heterocycles. The first-order valence-electron chi connectivity index (χ1n) is 12.6. The van der Waals surface area contributed by atoms with Crippen LogP contribution in [0, 0.1) is 22.7 Å². The summed E-state index contributed by atoms with van der Waals surface area (Å²) < 4.78 is 0.857. The van der Waals surface area contributed by atoms with Crippen LogP contribution < -0.4 is 20.9 Å². The van der Waals surface area contributed by atoms with Crippen molar-refractivity contribution in [3.8, 4) is 17.3 Å². The maximum absolute atomic E-state index is 13.1. The van der Waals surface area contributed by atoms with Crippen molar-refractivity contribution in [2.45, 2.75) is 26.1 Å². The summed E-state index contributed by atoms with van der Waals surface area (Å²) >= 11 is 1.44. The fourth-order valence-electron chi connectivity index (χ4n) is 5.37. The van der Waals surface area contributed by atoms with Gasteiger partial charge >= 0.3 is 12.0 Å². The number of carboxylic acid groups (broad SMARTS) is 1. The summed E-state index contributed by atoms with van der Waals surface area (Å²) in [7, 11) is 0. The maximum atomic E-state index is 13.1. The first-order chi connectivity index (χ1) is 18.8. The lowest BCUT2D eigenvalue weighted by molar-refractivity contribution is -0.155. The zero-order chi connectivity index (χ0) is 27.6. The third-order valence-electron chi connectivity index (χ3n) is 7.39. The summed E-state index contributed by atoms with van der Waals surface area (Å²) in [4.78, 5) is 41.4. The Morgan fingerprint density at radius 2 is 2.21 bits per heavy atom. The predicted molar refractivity (Wildman–Crippen MR) is 149 cm³/mol. The number of hydrogen-bond donors (Lipinski definition) is 4. The topological polar surface area (TPSA) is 156 Å². The number of aliphatic carboxylic acids is 1. The van der Waals surface area contributed by atoms with Crippen molar-refractivity contribution in [2.24, 2.45) is 16.3 Å². The number of urea groups is 1. The number of aliphatic imine (C=N–C) groups is 1. The lowest BCUT2D eigenvalue weighted by Gasteiger charge is -2.52. The molecule has 5 rings (SSSR count). The standard InChI is InChI=1S/C27H28N8O3S/c1-3-30-25(38)34-27(21-15-29-10-7-26(21,2)24(36)37)33-9-5-11-35(27)18-12-19(23-20(13-18)32-16-39-23)22-17(14-28)6-4-8-31-22/h4-6,8-9,11-13,16,21,29H,3,7,10,15H2,1-2H3,(H,36,37)(H2,30,34,38). The Bertz CT molecular complexity index is 1530. The predicted octanol–water partition coefficient (Wildman–Crippen LogP) is 3.31. The van der Waals surface area contributed by atoms with E-state index in [4.69, 9.17) is 4.99 Å². The molecule has 1 saturated heterocycles. The van der Waals surface area contributed by atoms with E-state index in [1.54, 1.807) is 61.1 Å². The van der Waals surface area contributed by atoms with Gasteiger partial charge < -0.3 is 20.6 Å². The van der Waals surface area contributed by atoms with E-state index in [0.717, 1.165) is 4.70 Å². The number of benzene rings is 1. The number of rotatable bonds is 6. The van der Waals surface area contributed by atoms with Crippen molar-refractivity contribution in [3.63, 3.8) is 0 Å². The van der Waals surface area contributed by atoms with Gasteiger partial charge in [-0.25, -0.2) is 14.8 Å². The SMILES string of the molecule is CCNC(=O)NC1(C2CNCCC2(C)C(=O)O)N=CC=CN1c1cc(-c2ncccc2C#N)c2scnc2c1. The average molecular weight is 545 g/mol. The van der Waals surface area contributed by atoms with Gasteiger partial charge in [-0.2, -0.15) is 5.26 Å². The number of amides is 2. The number of thiazole rings is 1. The van der Waals surface area contributed by atoms with E-state index in [1.807, 2.05) is 12.1 Å². The number of carbonyl (C=O) groups excluding carboxylic acids is 1. The second-order valence-electron chi connectivity index (χ2n) is 9.63. The molecule has 2 amide bonds. The van der Waals surface area contributed by atoms with Crippen LogP contribution in [-0.4, -0.2) is 58.7 Å². The zero-order valence-electron chi connectivity index (χ0n) is 21.5. The normalized spacial score (nSPS) is 24.3. The Kier molecular flexibility index (Phi) is 7.03. The van der Waals surface area contributed by atoms with Crippen molar-refractivity contribution in [1.29, 1.82) is 5.26 Å². The van der Waals surface area contributed by atoms with Gasteiger partial charge in [-0.1, -0.05) is 0 Å². The van der Waals surface area contributed by atoms with Crippen molar-refractivity contribution >= 4 is 45.5 Å². The quantitative estimate of drug-likeness (QED) is 0.368. The number of anilines is 1. The minimum absolute atomic E-state index is 0.307.